The van der Waals surface area contributed by atoms with Gasteiger partial charge in [0.2, 0.25) is 0 Å². The van der Waals surface area contributed by atoms with Crippen molar-refractivity contribution in [1.29, 1.82) is 0 Å². The highest BCUT2D eigenvalue weighted by atomic mass is 16.4. The summed E-state index contributed by atoms with van der Waals surface area (Å²) in [6, 6.07) is 0. The van der Waals surface area contributed by atoms with Crippen molar-refractivity contribution in [3.05, 3.63) is 17.0 Å². The first-order valence-corrected chi connectivity index (χ1v) is 3.33. The smallest absolute Gasteiger partial charge is 0.307 e. The fraction of sp³-hybridized carbons (Fsp3) is 0.429. The molecule has 0 saturated heterocycles. The van der Waals surface area contributed by atoms with E-state index < -0.39 is 5.97 Å². The average molecular weight is 154 g/mol. The van der Waals surface area contributed by atoms with Gasteiger partial charge < -0.3 is 5.11 Å². The Hall–Kier alpha value is -1.32. The Morgan fingerprint density at radius 3 is 2.64 bits per heavy atom. The van der Waals surface area contributed by atoms with Crippen LogP contribution in [0.25, 0.3) is 0 Å². The Morgan fingerprint density at radius 1 is 1.64 bits per heavy atom. The molecule has 0 amide bonds. The van der Waals surface area contributed by atoms with Crippen LogP contribution < -0.4 is 0 Å². The molecule has 1 aromatic rings. The summed E-state index contributed by atoms with van der Waals surface area (Å²) in [5, 5.41) is 15.1. The maximum Gasteiger partial charge on any atom is 0.307 e. The van der Waals surface area contributed by atoms with Gasteiger partial charge in [0.25, 0.3) is 0 Å². The molecule has 0 atom stereocenters. The van der Waals surface area contributed by atoms with E-state index in [4.69, 9.17) is 5.11 Å². The van der Waals surface area contributed by atoms with Crippen LogP contribution >= 0.6 is 0 Å². The largest absolute Gasteiger partial charge is 0.481 e. The van der Waals surface area contributed by atoms with E-state index >= 15 is 0 Å². The highest BCUT2D eigenvalue weighted by molar-refractivity contribution is 5.70. The van der Waals surface area contributed by atoms with Gasteiger partial charge in [-0.1, -0.05) is 0 Å². The van der Waals surface area contributed by atoms with Crippen LogP contribution in [-0.2, 0) is 11.2 Å². The number of aromatic nitrogens is 2. The number of aliphatic carboxylic acids is 1. The van der Waals surface area contributed by atoms with Crippen molar-refractivity contribution >= 4 is 5.97 Å². The molecule has 0 radical (unpaired) electrons. The van der Waals surface area contributed by atoms with E-state index in [1.165, 1.54) is 0 Å². The molecular weight excluding hydrogens is 144 g/mol. The molecule has 60 valence electrons. The van der Waals surface area contributed by atoms with Gasteiger partial charge in [-0.25, -0.2) is 0 Å². The molecule has 1 rings (SSSR count). The van der Waals surface area contributed by atoms with E-state index in [1.54, 1.807) is 6.92 Å². The van der Waals surface area contributed by atoms with Gasteiger partial charge in [0.1, 0.15) is 0 Å². The molecule has 0 aliphatic carbocycles. The number of carboxylic acids is 1. The van der Waals surface area contributed by atoms with E-state index in [0.717, 1.165) is 17.0 Å². The van der Waals surface area contributed by atoms with Crippen LogP contribution in [0.15, 0.2) is 0 Å². The maximum absolute atomic E-state index is 10.3. The minimum Gasteiger partial charge on any atom is -0.481 e. The van der Waals surface area contributed by atoms with Crippen LogP contribution in [0, 0.1) is 13.8 Å². The number of aromatic amines is 1. The first-order valence-electron chi connectivity index (χ1n) is 3.33. The fourth-order valence-electron chi connectivity index (χ4n) is 0.986. The zero-order valence-corrected chi connectivity index (χ0v) is 6.51. The summed E-state index contributed by atoms with van der Waals surface area (Å²) in [6.45, 7) is 3.61. The molecule has 0 bridgehead atoms. The SMILES string of the molecule is Cc1n[nH]c(C)c1CC(=O)O. The van der Waals surface area contributed by atoms with Crippen molar-refractivity contribution in [1.82, 2.24) is 10.2 Å². The van der Waals surface area contributed by atoms with Gasteiger partial charge in [-0.05, 0) is 13.8 Å². The third-order valence-corrected chi connectivity index (χ3v) is 1.61. The van der Waals surface area contributed by atoms with Crippen molar-refractivity contribution in [2.24, 2.45) is 0 Å². The molecule has 4 heteroatoms. The average Bonchev–Trinajstić information content (AvgIpc) is 2.18. The standard InChI is InChI=1S/C7H10N2O2/c1-4-6(3-7(10)11)5(2)9-8-4/h3H2,1-2H3,(H,8,9)(H,10,11). The maximum atomic E-state index is 10.3. The monoisotopic (exact) mass is 154 g/mol. The second kappa shape index (κ2) is 2.74. The summed E-state index contributed by atoms with van der Waals surface area (Å²) in [5.74, 6) is -0.822. The van der Waals surface area contributed by atoms with Gasteiger partial charge in [-0.15, -0.1) is 0 Å². The van der Waals surface area contributed by atoms with E-state index in [-0.39, 0.29) is 6.42 Å². The molecule has 2 N–H and O–H groups in total. The lowest BCUT2D eigenvalue weighted by Gasteiger charge is -1.93. The minimum absolute atomic E-state index is 0.0498. The zero-order valence-electron chi connectivity index (χ0n) is 6.51. The third-order valence-electron chi connectivity index (χ3n) is 1.61. The highest BCUT2D eigenvalue weighted by Gasteiger charge is 2.09. The Labute approximate surface area is 64.2 Å². The highest BCUT2D eigenvalue weighted by Crippen LogP contribution is 2.09. The number of hydrogen-bond acceptors (Lipinski definition) is 2. The molecule has 1 aromatic heterocycles. The molecule has 0 saturated carbocycles. The molecule has 0 aliphatic heterocycles. The van der Waals surface area contributed by atoms with Gasteiger partial charge in [0, 0.05) is 11.3 Å². The molecule has 0 spiro atoms. The molecule has 1 heterocycles. The van der Waals surface area contributed by atoms with E-state index in [1.807, 2.05) is 6.92 Å². The Morgan fingerprint density at radius 2 is 2.27 bits per heavy atom. The normalized spacial score (nSPS) is 10.0. The number of nitrogens with one attached hydrogen (secondary N) is 1. The number of carboxylic acid groups (broad SMARTS) is 1. The van der Waals surface area contributed by atoms with Gasteiger partial charge in [0.15, 0.2) is 0 Å². The Kier molecular flexibility index (Phi) is 1.94. The molecular formula is C7H10N2O2. The minimum atomic E-state index is -0.822. The van der Waals surface area contributed by atoms with Crippen LogP contribution in [0.2, 0.25) is 0 Å². The van der Waals surface area contributed by atoms with E-state index in [2.05, 4.69) is 10.2 Å². The Bertz CT molecular complexity index is 258. The molecule has 0 aromatic carbocycles. The van der Waals surface area contributed by atoms with Gasteiger partial charge in [0.05, 0.1) is 12.1 Å². The fourth-order valence-corrected chi connectivity index (χ4v) is 0.986. The topological polar surface area (TPSA) is 66.0 Å². The zero-order chi connectivity index (χ0) is 8.43. The van der Waals surface area contributed by atoms with Crippen LogP contribution in [0.3, 0.4) is 0 Å². The van der Waals surface area contributed by atoms with E-state index in [9.17, 15) is 4.79 Å². The predicted molar refractivity (Wildman–Crippen MR) is 39.4 cm³/mol. The summed E-state index contributed by atoms with van der Waals surface area (Å²) in [6.07, 6.45) is 0.0498. The third kappa shape index (κ3) is 1.58. The number of carbonyl (C=O) groups is 1. The summed E-state index contributed by atoms with van der Waals surface area (Å²) >= 11 is 0. The van der Waals surface area contributed by atoms with Crippen LogP contribution in [0.1, 0.15) is 17.0 Å². The lowest BCUT2D eigenvalue weighted by atomic mass is 10.1. The van der Waals surface area contributed by atoms with Crippen molar-refractivity contribution in [2.45, 2.75) is 20.3 Å². The number of nitrogens with zero attached hydrogens (tertiary/aromatic N) is 1. The molecule has 11 heavy (non-hydrogen) atoms. The number of H-pyrrole nitrogens is 1. The Balaban J connectivity index is 2.92. The molecule has 0 aliphatic rings. The summed E-state index contributed by atoms with van der Waals surface area (Å²) < 4.78 is 0. The summed E-state index contributed by atoms with van der Waals surface area (Å²) in [7, 11) is 0. The van der Waals surface area contributed by atoms with Crippen LogP contribution in [0.5, 0.6) is 0 Å². The van der Waals surface area contributed by atoms with Crippen molar-refractivity contribution < 1.29 is 9.90 Å². The number of aryl methyl sites for hydroxylation is 2. The predicted octanol–water partition coefficient (Wildman–Crippen LogP) is 0.654. The van der Waals surface area contributed by atoms with E-state index in [0.29, 0.717) is 0 Å². The lowest BCUT2D eigenvalue weighted by molar-refractivity contribution is -0.136. The summed E-state index contributed by atoms with van der Waals surface area (Å²) in [5.41, 5.74) is 2.40. The lowest BCUT2D eigenvalue weighted by Crippen LogP contribution is -2.01. The second-order valence-corrected chi connectivity index (χ2v) is 2.48. The molecule has 0 unspecified atom stereocenters. The van der Waals surface area contributed by atoms with Gasteiger partial charge >= 0.3 is 5.97 Å². The number of rotatable bonds is 2. The second-order valence-electron chi connectivity index (χ2n) is 2.48. The quantitative estimate of drug-likeness (QED) is 0.657. The van der Waals surface area contributed by atoms with Crippen molar-refractivity contribution in [3.63, 3.8) is 0 Å². The first kappa shape index (κ1) is 7.78. The first-order chi connectivity index (χ1) is 5.11. The number of hydrogen-bond donors (Lipinski definition) is 2. The van der Waals surface area contributed by atoms with Gasteiger partial charge in [-0.2, -0.15) is 5.10 Å². The van der Waals surface area contributed by atoms with Crippen molar-refractivity contribution in [3.8, 4) is 0 Å². The van der Waals surface area contributed by atoms with Crippen LogP contribution in [-0.4, -0.2) is 21.3 Å². The molecule has 0 fully saturated rings. The van der Waals surface area contributed by atoms with Crippen molar-refractivity contribution in [2.75, 3.05) is 0 Å². The summed E-state index contributed by atoms with van der Waals surface area (Å²) in [4.78, 5) is 10.3. The van der Waals surface area contributed by atoms with Crippen LogP contribution in [0.4, 0.5) is 0 Å². The molecule has 4 nitrogen and oxygen atoms in total. The van der Waals surface area contributed by atoms with Gasteiger partial charge in [-0.3, -0.25) is 9.89 Å².